The summed E-state index contributed by atoms with van der Waals surface area (Å²) in [6.45, 7) is 8.77. The Morgan fingerprint density at radius 2 is 2.00 bits per heavy atom. The van der Waals surface area contributed by atoms with Gasteiger partial charge < -0.3 is 9.72 Å². The summed E-state index contributed by atoms with van der Waals surface area (Å²) in [5.41, 5.74) is 5.37. The Bertz CT molecular complexity index is 905. The molecule has 7 heteroatoms. The average Bonchev–Trinajstić information content (AvgIpc) is 3.31. The van der Waals surface area contributed by atoms with Gasteiger partial charge in [-0.25, -0.2) is 9.97 Å². The van der Waals surface area contributed by atoms with Gasteiger partial charge in [-0.2, -0.15) is 5.01 Å². The highest BCUT2D eigenvalue weighted by Crippen LogP contribution is 2.35. The van der Waals surface area contributed by atoms with E-state index < -0.39 is 0 Å². The van der Waals surface area contributed by atoms with Crippen LogP contribution in [-0.4, -0.2) is 82.2 Å². The monoisotopic (exact) mass is 381 g/mol. The van der Waals surface area contributed by atoms with Crippen LogP contribution < -0.4 is 0 Å². The molecule has 0 atom stereocenters. The van der Waals surface area contributed by atoms with Gasteiger partial charge in [0, 0.05) is 36.8 Å². The molecular formula is C21H29N6O+. The van der Waals surface area contributed by atoms with Gasteiger partial charge in [-0.15, -0.1) is 4.68 Å². The van der Waals surface area contributed by atoms with Gasteiger partial charge >= 0.3 is 0 Å². The van der Waals surface area contributed by atoms with E-state index in [-0.39, 0.29) is 0 Å². The summed E-state index contributed by atoms with van der Waals surface area (Å²) in [6.07, 6.45) is 11.0. The van der Waals surface area contributed by atoms with Crippen LogP contribution >= 0.6 is 0 Å². The van der Waals surface area contributed by atoms with E-state index in [1.54, 1.807) is 0 Å². The van der Waals surface area contributed by atoms with Crippen molar-refractivity contribution in [3.8, 4) is 0 Å². The van der Waals surface area contributed by atoms with Gasteiger partial charge in [0.15, 0.2) is 18.9 Å². The second-order valence-electron chi connectivity index (χ2n) is 8.24. The molecule has 1 saturated carbocycles. The van der Waals surface area contributed by atoms with Gasteiger partial charge in [0.1, 0.15) is 5.52 Å². The van der Waals surface area contributed by atoms with E-state index in [1.165, 1.54) is 31.3 Å². The number of hydrogen-bond acceptors (Lipinski definition) is 5. The summed E-state index contributed by atoms with van der Waals surface area (Å²) in [6, 6.07) is 0.710. The molecule has 2 aromatic rings. The van der Waals surface area contributed by atoms with Crippen molar-refractivity contribution in [3.05, 3.63) is 29.9 Å². The molecule has 0 amide bonds. The van der Waals surface area contributed by atoms with E-state index in [0.29, 0.717) is 12.0 Å². The Kier molecular flexibility index (Phi) is 4.64. The molecule has 148 valence electrons. The maximum atomic E-state index is 5.50. The van der Waals surface area contributed by atoms with Crippen LogP contribution in [0.2, 0.25) is 0 Å². The summed E-state index contributed by atoms with van der Waals surface area (Å²) < 4.78 is 7.45. The van der Waals surface area contributed by atoms with E-state index in [9.17, 15) is 0 Å². The Balaban J connectivity index is 1.34. The summed E-state index contributed by atoms with van der Waals surface area (Å²) in [7, 11) is 2.01. The third kappa shape index (κ3) is 3.22. The van der Waals surface area contributed by atoms with Gasteiger partial charge in [0.25, 0.3) is 0 Å². The highest BCUT2D eigenvalue weighted by Gasteiger charge is 2.29. The number of ether oxygens (including phenoxy) is 1. The molecule has 1 saturated heterocycles. The number of nitrogens with one attached hydrogen (secondary N) is 1. The standard InChI is InChI=1S/C21H29N6O/c1-25-13-16(14-26(25)2)18-11-22-21-20(18)24-19(12-23-21)15-3-5-17(6-4-15)27-7-9-28-10-8-27/h11-12,14-15,17H,1,3-10,13H2,2H3,(H,22,23)/q+1. The van der Waals surface area contributed by atoms with Gasteiger partial charge in [-0.05, 0) is 25.7 Å². The summed E-state index contributed by atoms with van der Waals surface area (Å²) >= 11 is 0. The van der Waals surface area contributed by atoms with E-state index in [4.69, 9.17) is 9.72 Å². The lowest BCUT2D eigenvalue weighted by molar-refractivity contribution is -0.645. The fourth-order valence-corrected chi connectivity index (χ4v) is 4.84. The molecule has 5 rings (SSSR count). The SMILES string of the molecule is C=[N+]1CC(c2c[nH]c3ncc(C4CCC(N5CCOCC5)CC4)nc23)=CN1C. The molecule has 1 N–H and O–H groups in total. The smallest absolute Gasteiger partial charge is 0.199 e. The summed E-state index contributed by atoms with van der Waals surface area (Å²) in [4.78, 5) is 15.6. The zero-order chi connectivity index (χ0) is 19.1. The Morgan fingerprint density at radius 3 is 2.71 bits per heavy atom. The highest BCUT2D eigenvalue weighted by molar-refractivity contribution is 5.88. The second kappa shape index (κ2) is 7.29. The van der Waals surface area contributed by atoms with Crippen LogP contribution in [0.3, 0.4) is 0 Å². The number of hydrazone groups is 1. The van der Waals surface area contributed by atoms with Crippen molar-refractivity contribution in [2.24, 2.45) is 0 Å². The Hall–Kier alpha value is -2.25. The molecule has 2 aliphatic heterocycles. The number of H-pyrrole nitrogens is 1. The van der Waals surface area contributed by atoms with Crippen molar-refractivity contribution in [1.29, 1.82) is 0 Å². The molecule has 7 nitrogen and oxygen atoms in total. The van der Waals surface area contributed by atoms with Crippen LogP contribution in [0.25, 0.3) is 16.7 Å². The third-order valence-corrected chi connectivity index (χ3v) is 6.56. The summed E-state index contributed by atoms with van der Waals surface area (Å²) in [5.74, 6) is 0.515. The Labute approximate surface area is 165 Å². The first kappa shape index (κ1) is 17.8. The molecule has 28 heavy (non-hydrogen) atoms. The molecular weight excluding hydrogens is 352 g/mol. The van der Waals surface area contributed by atoms with E-state index >= 15 is 0 Å². The molecule has 0 spiro atoms. The zero-order valence-electron chi connectivity index (χ0n) is 16.6. The zero-order valence-corrected chi connectivity index (χ0v) is 16.6. The van der Waals surface area contributed by atoms with Gasteiger partial charge in [-0.3, -0.25) is 4.90 Å². The number of aromatic amines is 1. The van der Waals surface area contributed by atoms with E-state index in [0.717, 1.165) is 55.3 Å². The number of nitrogens with zero attached hydrogens (tertiary/aromatic N) is 5. The molecule has 2 aromatic heterocycles. The first-order chi connectivity index (χ1) is 13.7. The minimum atomic E-state index is 0.515. The van der Waals surface area contributed by atoms with Crippen LogP contribution in [0.15, 0.2) is 18.6 Å². The van der Waals surface area contributed by atoms with Gasteiger partial charge in [-0.1, -0.05) is 0 Å². The van der Waals surface area contributed by atoms with Crippen molar-refractivity contribution >= 4 is 23.5 Å². The Morgan fingerprint density at radius 1 is 1.21 bits per heavy atom. The lowest BCUT2D eigenvalue weighted by Crippen LogP contribution is -2.44. The average molecular weight is 382 g/mol. The van der Waals surface area contributed by atoms with Crippen molar-refractivity contribution in [3.63, 3.8) is 0 Å². The largest absolute Gasteiger partial charge is 0.379 e. The minimum Gasteiger partial charge on any atom is -0.379 e. The van der Waals surface area contributed by atoms with Crippen molar-refractivity contribution < 1.29 is 9.42 Å². The molecule has 0 unspecified atom stereocenters. The van der Waals surface area contributed by atoms with E-state index in [2.05, 4.69) is 27.8 Å². The third-order valence-electron chi connectivity index (χ3n) is 6.56. The lowest BCUT2D eigenvalue weighted by Gasteiger charge is -2.38. The molecule has 0 bridgehead atoms. The first-order valence-corrected chi connectivity index (χ1v) is 10.4. The molecule has 3 aliphatic rings. The second-order valence-corrected chi connectivity index (χ2v) is 8.24. The maximum absolute atomic E-state index is 5.50. The fraction of sp³-hybridized carbons (Fsp3) is 0.571. The molecule has 0 aromatic carbocycles. The predicted octanol–water partition coefficient (Wildman–Crippen LogP) is 2.23. The number of fused-ring (bicyclic) bond motifs is 1. The van der Waals surface area contributed by atoms with Crippen molar-refractivity contribution in [2.75, 3.05) is 39.9 Å². The summed E-state index contributed by atoms with van der Waals surface area (Å²) in [5, 5.41) is 2.01. The molecule has 0 radical (unpaired) electrons. The van der Waals surface area contributed by atoms with Crippen LogP contribution in [0.1, 0.15) is 42.9 Å². The minimum absolute atomic E-state index is 0.515. The number of aromatic nitrogens is 3. The fourth-order valence-electron chi connectivity index (χ4n) is 4.84. The van der Waals surface area contributed by atoms with Crippen molar-refractivity contribution in [2.45, 2.75) is 37.6 Å². The topological polar surface area (TPSA) is 60.3 Å². The number of hydrogen-bond donors (Lipinski definition) is 1. The quantitative estimate of drug-likeness (QED) is 0.827. The highest BCUT2D eigenvalue weighted by atomic mass is 16.5. The molecule has 4 heterocycles. The van der Waals surface area contributed by atoms with Crippen LogP contribution in [0, 0.1) is 0 Å². The normalized spacial score (nSPS) is 26.8. The maximum Gasteiger partial charge on any atom is 0.199 e. The first-order valence-electron chi connectivity index (χ1n) is 10.4. The molecule has 2 fully saturated rings. The number of rotatable bonds is 3. The van der Waals surface area contributed by atoms with Gasteiger partial charge in [0.2, 0.25) is 0 Å². The van der Waals surface area contributed by atoms with Crippen LogP contribution in [0.4, 0.5) is 0 Å². The van der Waals surface area contributed by atoms with Gasteiger partial charge in [0.05, 0.1) is 43.9 Å². The predicted molar refractivity (Wildman–Crippen MR) is 109 cm³/mol. The number of morpholine rings is 1. The lowest BCUT2D eigenvalue weighted by atomic mass is 9.83. The van der Waals surface area contributed by atoms with E-state index in [1.807, 2.05) is 29.1 Å². The number of hydrazine groups is 1. The van der Waals surface area contributed by atoms with Crippen molar-refractivity contribution in [1.82, 2.24) is 24.9 Å². The van der Waals surface area contributed by atoms with Crippen LogP contribution in [-0.2, 0) is 4.74 Å². The molecule has 1 aliphatic carbocycles. The van der Waals surface area contributed by atoms with Crippen LogP contribution in [0.5, 0.6) is 0 Å².